The van der Waals surface area contributed by atoms with E-state index in [2.05, 4.69) is 0 Å². The van der Waals surface area contributed by atoms with Crippen molar-refractivity contribution < 1.29 is 9.90 Å². The van der Waals surface area contributed by atoms with Gasteiger partial charge in [0, 0.05) is 0 Å². The van der Waals surface area contributed by atoms with Gasteiger partial charge in [-0.1, -0.05) is 25.7 Å². The number of carboxylic acids is 1. The summed E-state index contributed by atoms with van der Waals surface area (Å²) < 4.78 is 0. The van der Waals surface area contributed by atoms with Gasteiger partial charge in [0.15, 0.2) is 0 Å². The second-order valence-corrected chi connectivity index (χ2v) is 3.33. The van der Waals surface area contributed by atoms with Crippen LogP contribution in [0, 0.1) is 5.92 Å². The monoisotopic (exact) mass is 193 g/mol. The number of rotatable bonds is 3. The Labute approximate surface area is 78.7 Å². The average molecular weight is 194 g/mol. The van der Waals surface area contributed by atoms with E-state index in [1.54, 1.807) is 0 Å². The molecule has 0 heterocycles. The number of hydrogen-bond donors (Lipinski definition) is 2. The van der Waals surface area contributed by atoms with Crippen molar-refractivity contribution in [3.8, 4) is 0 Å². The molecular weight excluding hydrogens is 178 g/mol. The van der Waals surface area contributed by atoms with Crippen molar-refractivity contribution in [2.75, 3.05) is 0 Å². The molecule has 0 aromatic heterocycles. The Morgan fingerprint density at radius 1 is 1.50 bits per heavy atom. The highest BCUT2D eigenvalue weighted by Crippen LogP contribution is 2.28. The minimum atomic E-state index is -0.864. The lowest BCUT2D eigenvalue weighted by atomic mass is 9.99. The molecule has 1 aliphatic carbocycles. The lowest BCUT2D eigenvalue weighted by molar-refractivity contribution is -0.138. The lowest BCUT2D eigenvalue weighted by Gasteiger charge is -2.11. The summed E-state index contributed by atoms with van der Waals surface area (Å²) in [5, 5.41) is 8.52. The summed E-state index contributed by atoms with van der Waals surface area (Å²) >= 11 is 0. The van der Waals surface area contributed by atoms with Crippen molar-refractivity contribution in [2.45, 2.75) is 38.1 Å². The Morgan fingerprint density at radius 2 is 2.00 bits per heavy atom. The smallest absolute Gasteiger partial charge is 0.320 e. The maximum absolute atomic E-state index is 10.4. The van der Waals surface area contributed by atoms with Gasteiger partial charge < -0.3 is 10.8 Å². The van der Waals surface area contributed by atoms with Crippen molar-refractivity contribution in [2.24, 2.45) is 11.7 Å². The molecule has 0 spiro atoms. The Morgan fingerprint density at radius 3 is 2.42 bits per heavy atom. The third-order valence-electron chi connectivity index (χ3n) is 2.38. The molecule has 4 heteroatoms. The first-order valence-corrected chi connectivity index (χ1v) is 4.18. The molecule has 0 aromatic carbocycles. The van der Waals surface area contributed by atoms with Crippen molar-refractivity contribution in [3.05, 3.63) is 0 Å². The molecule has 1 aliphatic rings. The van der Waals surface area contributed by atoms with E-state index in [4.69, 9.17) is 10.8 Å². The van der Waals surface area contributed by atoms with Gasteiger partial charge in [-0.3, -0.25) is 4.79 Å². The summed E-state index contributed by atoms with van der Waals surface area (Å²) in [7, 11) is 0. The molecule has 0 aromatic rings. The summed E-state index contributed by atoms with van der Waals surface area (Å²) in [6.07, 6.45) is 5.49. The van der Waals surface area contributed by atoms with Crippen LogP contribution in [0.25, 0.3) is 0 Å². The quantitative estimate of drug-likeness (QED) is 0.712. The second kappa shape index (κ2) is 5.38. The molecule has 1 fully saturated rings. The zero-order chi connectivity index (χ0) is 8.27. The molecule has 0 aliphatic heterocycles. The molecule has 0 radical (unpaired) electrons. The van der Waals surface area contributed by atoms with E-state index in [9.17, 15) is 4.79 Å². The van der Waals surface area contributed by atoms with Crippen LogP contribution < -0.4 is 5.73 Å². The van der Waals surface area contributed by atoms with Crippen molar-refractivity contribution in [1.82, 2.24) is 0 Å². The summed E-state index contributed by atoms with van der Waals surface area (Å²) in [6.45, 7) is 0. The van der Waals surface area contributed by atoms with Crippen molar-refractivity contribution >= 4 is 18.4 Å². The van der Waals surface area contributed by atoms with E-state index in [1.807, 2.05) is 0 Å². The molecule has 0 amide bonds. The fourth-order valence-corrected chi connectivity index (χ4v) is 1.71. The van der Waals surface area contributed by atoms with Gasteiger partial charge in [-0.25, -0.2) is 0 Å². The summed E-state index contributed by atoms with van der Waals surface area (Å²) in [5.74, 6) is -0.294. The Balaban J connectivity index is 0.00000121. The standard InChI is InChI=1S/C8H15NO2.ClH/c9-7(8(10)11)5-6-3-1-2-4-6;/h6-7H,1-5,9H2,(H,10,11);1H/t7-;/m1./s1. The van der Waals surface area contributed by atoms with Gasteiger partial charge in [-0.15, -0.1) is 12.4 Å². The third kappa shape index (κ3) is 3.41. The first kappa shape index (κ1) is 11.7. The van der Waals surface area contributed by atoms with E-state index >= 15 is 0 Å². The van der Waals surface area contributed by atoms with Crippen molar-refractivity contribution in [3.63, 3.8) is 0 Å². The van der Waals surface area contributed by atoms with Crippen molar-refractivity contribution in [1.29, 1.82) is 0 Å². The number of aliphatic carboxylic acids is 1. The number of carboxylic acid groups (broad SMARTS) is 1. The number of halogens is 1. The zero-order valence-corrected chi connectivity index (χ0v) is 7.85. The molecule has 1 rings (SSSR count). The van der Waals surface area contributed by atoms with E-state index in [-0.39, 0.29) is 12.4 Å². The van der Waals surface area contributed by atoms with Gasteiger partial charge >= 0.3 is 5.97 Å². The minimum Gasteiger partial charge on any atom is -0.480 e. The van der Waals surface area contributed by atoms with E-state index in [1.165, 1.54) is 25.7 Å². The first-order chi connectivity index (χ1) is 5.20. The van der Waals surface area contributed by atoms with E-state index < -0.39 is 12.0 Å². The largest absolute Gasteiger partial charge is 0.480 e. The zero-order valence-electron chi connectivity index (χ0n) is 7.03. The van der Waals surface area contributed by atoms with Gasteiger partial charge in [-0.2, -0.15) is 0 Å². The molecule has 0 unspecified atom stereocenters. The SMILES string of the molecule is Cl.N[C@H](CC1CCCC1)C(=O)O. The number of hydrogen-bond acceptors (Lipinski definition) is 2. The van der Waals surface area contributed by atoms with Gasteiger partial charge in [0.25, 0.3) is 0 Å². The van der Waals surface area contributed by atoms with Crippen LogP contribution in [0.3, 0.4) is 0 Å². The average Bonchev–Trinajstić information content (AvgIpc) is 2.39. The highest BCUT2D eigenvalue weighted by Gasteiger charge is 2.21. The highest BCUT2D eigenvalue weighted by molar-refractivity contribution is 5.85. The molecule has 0 bridgehead atoms. The predicted molar refractivity (Wildman–Crippen MR) is 49.4 cm³/mol. The number of nitrogens with two attached hydrogens (primary N) is 1. The molecule has 72 valence electrons. The normalized spacial score (nSPS) is 20.1. The number of carbonyl (C=O) groups is 1. The van der Waals surface area contributed by atoms with E-state index in [0.717, 1.165) is 0 Å². The summed E-state index contributed by atoms with van der Waals surface area (Å²) in [5.41, 5.74) is 5.40. The first-order valence-electron chi connectivity index (χ1n) is 4.18. The Bertz CT molecular complexity index is 146. The molecule has 1 atom stereocenters. The summed E-state index contributed by atoms with van der Waals surface area (Å²) in [4.78, 5) is 10.4. The molecule has 3 nitrogen and oxygen atoms in total. The lowest BCUT2D eigenvalue weighted by Crippen LogP contribution is -2.31. The fourth-order valence-electron chi connectivity index (χ4n) is 1.71. The fraction of sp³-hybridized carbons (Fsp3) is 0.875. The highest BCUT2D eigenvalue weighted by atomic mass is 35.5. The van der Waals surface area contributed by atoms with Crippen LogP contribution in [0.1, 0.15) is 32.1 Å². The molecular formula is C8H16ClNO2. The predicted octanol–water partition coefficient (Wildman–Crippen LogP) is 1.40. The summed E-state index contributed by atoms with van der Waals surface area (Å²) in [6, 6.07) is -0.641. The maximum Gasteiger partial charge on any atom is 0.320 e. The van der Waals surface area contributed by atoms with Gasteiger partial charge in [0.1, 0.15) is 6.04 Å². The van der Waals surface area contributed by atoms with Crippen LogP contribution in [0.5, 0.6) is 0 Å². The van der Waals surface area contributed by atoms with Gasteiger partial charge in [-0.05, 0) is 12.3 Å². The van der Waals surface area contributed by atoms with Crippen LogP contribution in [0.4, 0.5) is 0 Å². The topological polar surface area (TPSA) is 63.3 Å². The van der Waals surface area contributed by atoms with Gasteiger partial charge in [0.05, 0.1) is 0 Å². The van der Waals surface area contributed by atoms with Crippen LogP contribution in [0.2, 0.25) is 0 Å². The molecule has 3 N–H and O–H groups in total. The molecule has 1 saturated carbocycles. The Hall–Kier alpha value is -0.280. The second-order valence-electron chi connectivity index (χ2n) is 3.33. The maximum atomic E-state index is 10.4. The molecule has 12 heavy (non-hydrogen) atoms. The van der Waals surface area contributed by atoms with Gasteiger partial charge in [0.2, 0.25) is 0 Å². The van der Waals surface area contributed by atoms with E-state index in [0.29, 0.717) is 12.3 Å². The third-order valence-corrected chi connectivity index (χ3v) is 2.38. The van der Waals surface area contributed by atoms with Crippen LogP contribution in [-0.2, 0) is 4.79 Å². The van der Waals surface area contributed by atoms with Crippen LogP contribution >= 0.6 is 12.4 Å². The van der Waals surface area contributed by atoms with Crippen LogP contribution in [0.15, 0.2) is 0 Å². The molecule has 0 saturated heterocycles. The minimum absolute atomic E-state index is 0. The van der Waals surface area contributed by atoms with Crippen LogP contribution in [-0.4, -0.2) is 17.1 Å². The Kier molecular flexibility index (Phi) is 5.25.